The third kappa shape index (κ3) is 44.1. The van der Waals surface area contributed by atoms with Gasteiger partial charge in [-0.1, -0.05) is 150 Å². The van der Waals surface area contributed by atoms with E-state index in [9.17, 15) is 24.2 Å². The summed E-state index contributed by atoms with van der Waals surface area (Å²) < 4.78 is 26.8. The van der Waals surface area contributed by atoms with Crippen LogP contribution in [0, 0.1) is 0 Å². The molecule has 0 aromatic carbocycles. The third-order valence-corrected chi connectivity index (χ3v) is 9.79. The smallest absolute Gasteiger partial charge is 0.463 e. The van der Waals surface area contributed by atoms with Crippen LogP contribution in [0.4, 0.5) is 0 Å². The lowest BCUT2D eigenvalue weighted by atomic mass is 10.1. The molecule has 326 valence electrons. The van der Waals surface area contributed by atoms with Crippen molar-refractivity contribution in [3.8, 4) is 0 Å². The third-order valence-electron chi connectivity index (χ3n) is 8.81. The summed E-state index contributed by atoms with van der Waals surface area (Å²) >= 11 is 0. The number of aliphatic hydroxyl groups is 1. The van der Waals surface area contributed by atoms with Crippen LogP contribution in [0.3, 0.4) is 0 Å². The second-order valence-corrected chi connectivity index (χ2v) is 15.7. The molecule has 0 aliphatic rings. The Morgan fingerprint density at radius 3 is 1.53 bits per heavy atom. The Morgan fingerprint density at radius 2 is 1.00 bits per heavy atom. The number of hydrogen-bond donors (Lipinski definition) is 3. The van der Waals surface area contributed by atoms with Crippen LogP contribution in [0.5, 0.6) is 0 Å². The highest BCUT2D eigenvalue weighted by Gasteiger charge is 2.23. The van der Waals surface area contributed by atoms with Crippen molar-refractivity contribution < 1.29 is 37.9 Å². The van der Waals surface area contributed by atoms with E-state index in [-0.39, 0.29) is 32.1 Å². The van der Waals surface area contributed by atoms with Crippen LogP contribution in [0.25, 0.3) is 0 Å². The summed E-state index contributed by atoms with van der Waals surface area (Å²) in [6.07, 6.45) is 53.7. The average molecular weight is 818 g/mol. The molecule has 0 fully saturated rings. The van der Waals surface area contributed by atoms with Crippen molar-refractivity contribution in [3.05, 3.63) is 85.1 Å². The zero-order valence-electron chi connectivity index (χ0n) is 35.8. The van der Waals surface area contributed by atoms with Gasteiger partial charge in [-0.15, -0.1) is 0 Å². The molecule has 0 aliphatic heterocycles. The van der Waals surface area contributed by atoms with Gasteiger partial charge in [0.2, 0.25) is 5.91 Å². The molecule has 0 spiro atoms. The van der Waals surface area contributed by atoms with E-state index in [2.05, 4.69) is 104 Å². The molecule has 0 aromatic heterocycles. The Balaban J connectivity index is 3.68. The van der Waals surface area contributed by atoms with Gasteiger partial charge < -0.3 is 20.1 Å². The number of hydrogen-bond acceptors (Lipinski definition) is 7. The van der Waals surface area contributed by atoms with E-state index >= 15 is 0 Å². The number of ether oxygens (including phenoxy) is 1. The molecule has 0 rings (SSSR count). The Kier molecular flexibility index (Phi) is 40.7. The van der Waals surface area contributed by atoms with Gasteiger partial charge in [0.05, 0.1) is 13.2 Å². The number of carbonyl (C=O) groups excluding carboxylic acids is 2. The maximum atomic E-state index is 12.1. The Bertz CT molecular complexity index is 1210. The molecule has 9 nitrogen and oxygen atoms in total. The van der Waals surface area contributed by atoms with Crippen molar-refractivity contribution in [2.45, 2.75) is 174 Å². The highest BCUT2D eigenvalue weighted by Crippen LogP contribution is 2.42. The van der Waals surface area contributed by atoms with Gasteiger partial charge in [-0.25, -0.2) is 4.57 Å². The Labute approximate surface area is 347 Å². The first kappa shape index (κ1) is 54.2. The standard InChI is InChI=1S/C47H80NO8P/c1-3-5-7-9-11-13-15-17-18-19-20-21-22-23-24-25-26-28-29-31-33-35-37-39-46(50)48-41-42-55-57(52,53)56-44-45(49)43-54-47(51)40-38-36-34-32-30-27-16-14-12-10-8-6-4-2/h5,7,11,13-14,16-18,20-21,23-24,26,28,45,49H,3-4,6,8-10,12,15,19,22,25,27,29-44H2,1-2H3,(H,48,50)(H,52,53)/b7-5-,13-11-,16-14-,18-17-,21-20-,24-23-,28-26-. The lowest BCUT2D eigenvalue weighted by Crippen LogP contribution is -2.27. The molecular weight excluding hydrogens is 737 g/mol. The molecule has 0 heterocycles. The van der Waals surface area contributed by atoms with Gasteiger partial charge in [0.1, 0.15) is 12.7 Å². The van der Waals surface area contributed by atoms with Gasteiger partial charge in [-0.05, 0) is 89.9 Å². The zero-order valence-corrected chi connectivity index (χ0v) is 36.6. The number of allylic oxidation sites excluding steroid dienone is 14. The van der Waals surface area contributed by atoms with Crippen molar-refractivity contribution >= 4 is 19.7 Å². The predicted octanol–water partition coefficient (Wildman–Crippen LogP) is 12.4. The molecule has 2 atom stereocenters. The van der Waals surface area contributed by atoms with Crippen LogP contribution >= 0.6 is 7.82 Å². The maximum Gasteiger partial charge on any atom is 0.472 e. The number of unbranched alkanes of at least 4 members (excludes halogenated alkanes) is 13. The fraction of sp³-hybridized carbons (Fsp3) is 0.660. The summed E-state index contributed by atoms with van der Waals surface area (Å²) in [5, 5.41) is 12.7. The number of rotatable bonds is 40. The molecule has 0 radical (unpaired) electrons. The van der Waals surface area contributed by atoms with Gasteiger partial charge in [-0.3, -0.25) is 18.6 Å². The molecule has 0 bridgehead atoms. The summed E-state index contributed by atoms with van der Waals surface area (Å²) in [7, 11) is -4.43. The highest BCUT2D eigenvalue weighted by molar-refractivity contribution is 7.47. The SMILES string of the molecule is CC/C=C\C/C=C\C/C=C\C/C=C\C/C=C\C/C=C\CCCCCCC(=O)NCCOP(=O)(O)OCC(O)COC(=O)CCCCCCC/C=C\CCCCCC. The normalized spacial score (nSPS) is 14.1. The summed E-state index contributed by atoms with van der Waals surface area (Å²) in [6, 6.07) is 0. The van der Waals surface area contributed by atoms with E-state index in [1.807, 2.05) is 0 Å². The molecule has 2 unspecified atom stereocenters. The predicted molar refractivity (Wildman–Crippen MR) is 238 cm³/mol. The van der Waals surface area contributed by atoms with Crippen molar-refractivity contribution in [1.82, 2.24) is 5.32 Å². The van der Waals surface area contributed by atoms with Crippen molar-refractivity contribution in [2.24, 2.45) is 0 Å². The van der Waals surface area contributed by atoms with Crippen LogP contribution in [-0.4, -0.2) is 54.3 Å². The van der Waals surface area contributed by atoms with Gasteiger partial charge in [0, 0.05) is 19.4 Å². The first-order valence-corrected chi connectivity index (χ1v) is 23.6. The van der Waals surface area contributed by atoms with Gasteiger partial charge in [-0.2, -0.15) is 0 Å². The van der Waals surface area contributed by atoms with E-state index < -0.39 is 26.5 Å². The fourth-order valence-electron chi connectivity index (χ4n) is 5.49. The number of esters is 1. The lowest BCUT2D eigenvalue weighted by molar-refractivity contribution is -0.147. The van der Waals surface area contributed by atoms with Crippen LogP contribution < -0.4 is 5.32 Å². The van der Waals surface area contributed by atoms with Crippen LogP contribution in [0.15, 0.2) is 85.1 Å². The number of amides is 1. The number of aliphatic hydroxyl groups excluding tert-OH is 1. The minimum atomic E-state index is -4.43. The van der Waals surface area contributed by atoms with Crippen LogP contribution in [0.2, 0.25) is 0 Å². The zero-order chi connectivity index (χ0) is 41.8. The number of phosphoric ester groups is 1. The maximum absolute atomic E-state index is 12.1. The number of nitrogens with one attached hydrogen (secondary N) is 1. The van der Waals surface area contributed by atoms with Crippen molar-refractivity contribution in [1.29, 1.82) is 0 Å². The van der Waals surface area contributed by atoms with Gasteiger partial charge in [0.25, 0.3) is 0 Å². The minimum Gasteiger partial charge on any atom is -0.463 e. The molecule has 0 saturated heterocycles. The Hall–Kier alpha value is -2.81. The van der Waals surface area contributed by atoms with E-state index in [0.717, 1.165) is 109 Å². The molecule has 57 heavy (non-hydrogen) atoms. The lowest BCUT2D eigenvalue weighted by Gasteiger charge is -2.15. The number of carbonyl (C=O) groups is 2. The quantitative estimate of drug-likeness (QED) is 0.0241. The molecule has 0 saturated carbocycles. The highest BCUT2D eigenvalue weighted by atomic mass is 31.2. The Morgan fingerprint density at radius 1 is 0.561 bits per heavy atom. The molecular formula is C47H80NO8P. The van der Waals surface area contributed by atoms with Crippen LogP contribution in [-0.2, 0) is 27.9 Å². The van der Waals surface area contributed by atoms with Crippen LogP contribution in [0.1, 0.15) is 168 Å². The summed E-state index contributed by atoms with van der Waals surface area (Å²) in [6.45, 7) is 3.36. The molecule has 1 amide bonds. The fourth-order valence-corrected chi connectivity index (χ4v) is 6.25. The minimum absolute atomic E-state index is 0.0613. The monoisotopic (exact) mass is 818 g/mol. The van der Waals surface area contributed by atoms with Gasteiger partial charge >= 0.3 is 13.8 Å². The first-order valence-electron chi connectivity index (χ1n) is 22.1. The topological polar surface area (TPSA) is 131 Å². The van der Waals surface area contributed by atoms with E-state index in [1.165, 1.54) is 32.1 Å². The molecule has 0 aromatic rings. The van der Waals surface area contributed by atoms with E-state index in [4.69, 9.17) is 13.8 Å². The number of phosphoric acid groups is 1. The van der Waals surface area contributed by atoms with E-state index in [0.29, 0.717) is 6.42 Å². The second kappa shape index (κ2) is 42.8. The molecule has 3 N–H and O–H groups in total. The second-order valence-electron chi connectivity index (χ2n) is 14.3. The molecule has 0 aliphatic carbocycles. The van der Waals surface area contributed by atoms with Crippen molar-refractivity contribution in [2.75, 3.05) is 26.4 Å². The first-order chi connectivity index (χ1) is 27.8. The summed E-state index contributed by atoms with van der Waals surface area (Å²) in [5.74, 6) is -0.558. The molecule has 10 heteroatoms. The van der Waals surface area contributed by atoms with E-state index in [1.54, 1.807) is 0 Å². The summed E-state index contributed by atoms with van der Waals surface area (Å²) in [5.41, 5.74) is 0. The summed E-state index contributed by atoms with van der Waals surface area (Å²) in [4.78, 5) is 33.9. The average Bonchev–Trinajstić information content (AvgIpc) is 3.20. The van der Waals surface area contributed by atoms with Gasteiger partial charge in [0.15, 0.2) is 0 Å². The largest absolute Gasteiger partial charge is 0.472 e. The van der Waals surface area contributed by atoms with Crippen molar-refractivity contribution in [3.63, 3.8) is 0 Å².